The zero-order chi connectivity index (χ0) is 20.5. The van der Waals surface area contributed by atoms with E-state index in [9.17, 15) is 22.8 Å². The van der Waals surface area contributed by atoms with Crippen LogP contribution in [0.15, 0.2) is 30.5 Å². The van der Waals surface area contributed by atoms with Gasteiger partial charge in [0.25, 0.3) is 5.91 Å². The highest BCUT2D eigenvalue weighted by molar-refractivity contribution is 5.94. The van der Waals surface area contributed by atoms with Crippen LogP contribution in [0.25, 0.3) is 5.69 Å². The number of carboxylic acids is 1. The summed E-state index contributed by atoms with van der Waals surface area (Å²) in [5, 5.41) is 12.6. The molecule has 1 atom stereocenters. The van der Waals surface area contributed by atoms with Crippen molar-refractivity contribution < 1.29 is 32.6 Å². The van der Waals surface area contributed by atoms with E-state index in [-0.39, 0.29) is 17.6 Å². The molecule has 150 valence electrons. The molecule has 2 aromatic rings. The molecular weight excluding hydrogens is 379 g/mol. The zero-order valence-corrected chi connectivity index (χ0v) is 14.9. The maximum absolute atomic E-state index is 13.3. The van der Waals surface area contributed by atoms with E-state index in [4.69, 9.17) is 9.84 Å². The summed E-state index contributed by atoms with van der Waals surface area (Å²) in [5.74, 6) is -1.95. The highest BCUT2D eigenvalue weighted by atomic mass is 19.4. The van der Waals surface area contributed by atoms with Crippen LogP contribution in [0, 0.1) is 0 Å². The fraction of sp³-hybridized carbons (Fsp3) is 0.389. The van der Waals surface area contributed by atoms with Crippen molar-refractivity contribution in [1.82, 2.24) is 14.7 Å². The summed E-state index contributed by atoms with van der Waals surface area (Å²) in [4.78, 5) is 25.5. The number of ether oxygens (including phenoxy) is 1. The minimum absolute atomic E-state index is 0.00499. The van der Waals surface area contributed by atoms with Crippen LogP contribution in [-0.2, 0) is 10.9 Å². The van der Waals surface area contributed by atoms with Crippen molar-refractivity contribution in [1.29, 1.82) is 0 Å². The van der Waals surface area contributed by atoms with Crippen LogP contribution >= 0.6 is 0 Å². The van der Waals surface area contributed by atoms with Gasteiger partial charge in [-0.3, -0.25) is 4.79 Å². The molecule has 1 saturated heterocycles. The van der Waals surface area contributed by atoms with Crippen LogP contribution in [0.5, 0.6) is 0 Å². The number of amides is 1. The molecule has 0 radical (unpaired) electrons. The molecule has 28 heavy (non-hydrogen) atoms. The normalized spacial score (nSPS) is 17.6. The maximum atomic E-state index is 13.3. The molecule has 1 fully saturated rings. The molecule has 1 N–H and O–H groups in total. The molecule has 3 rings (SSSR count). The quantitative estimate of drug-likeness (QED) is 0.858. The monoisotopic (exact) mass is 397 g/mol. The molecule has 10 heteroatoms. The Bertz CT molecular complexity index is 877. The highest BCUT2D eigenvalue weighted by Crippen LogP contribution is 2.33. The van der Waals surface area contributed by atoms with Gasteiger partial charge in [-0.25, -0.2) is 9.48 Å². The molecule has 0 spiro atoms. The molecular formula is C18H18F3N3O4. The summed E-state index contributed by atoms with van der Waals surface area (Å²) < 4.78 is 45.9. The predicted molar refractivity (Wildman–Crippen MR) is 91.5 cm³/mol. The molecule has 0 saturated carbocycles. The lowest BCUT2D eigenvalue weighted by Crippen LogP contribution is -2.48. The fourth-order valence-corrected chi connectivity index (χ4v) is 3.14. The van der Waals surface area contributed by atoms with E-state index < -0.39 is 23.4 Å². The summed E-state index contributed by atoms with van der Waals surface area (Å²) in [6, 6.07) is 5.37. The van der Waals surface area contributed by atoms with Crippen LogP contribution in [0.4, 0.5) is 13.2 Å². The second-order valence-corrected chi connectivity index (χ2v) is 6.30. The molecule has 1 amide bonds. The van der Waals surface area contributed by atoms with Crippen molar-refractivity contribution in [2.24, 2.45) is 0 Å². The van der Waals surface area contributed by atoms with Gasteiger partial charge in [0.05, 0.1) is 31.1 Å². The minimum Gasteiger partial charge on any atom is -0.478 e. The Hall–Kier alpha value is -2.88. The number of hydrogen-bond acceptors (Lipinski definition) is 4. The summed E-state index contributed by atoms with van der Waals surface area (Å²) in [7, 11) is 0. The number of rotatable bonds is 4. The second-order valence-electron chi connectivity index (χ2n) is 6.30. The van der Waals surface area contributed by atoms with E-state index in [0.29, 0.717) is 36.2 Å². The van der Waals surface area contributed by atoms with Crippen molar-refractivity contribution in [2.45, 2.75) is 25.6 Å². The van der Waals surface area contributed by atoms with Gasteiger partial charge in [-0.05, 0) is 30.7 Å². The smallest absolute Gasteiger partial charge is 0.434 e. The van der Waals surface area contributed by atoms with E-state index in [1.807, 2.05) is 6.92 Å². The van der Waals surface area contributed by atoms with Crippen molar-refractivity contribution in [3.8, 4) is 5.69 Å². The Kier molecular flexibility index (Phi) is 5.41. The number of hydrogen-bond donors (Lipinski definition) is 1. The number of carbonyl (C=O) groups is 2. The Balaban J connectivity index is 1.91. The van der Waals surface area contributed by atoms with E-state index in [2.05, 4.69) is 5.10 Å². The average molecular weight is 397 g/mol. The number of nitrogens with zero attached hydrogens (tertiary/aromatic N) is 3. The van der Waals surface area contributed by atoms with Crippen molar-refractivity contribution >= 4 is 11.9 Å². The number of morpholine rings is 1. The molecule has 0 unspecified atom stereocenters. The van der Waals surface area contributed by atoms with Crippen LogP contribution in [0.3, 0.4) is 0 Å². The Morgan fingerprint density at radius 2 is 1.96 bits per heavy atom. The average Bonchev–Trinajstić information content (AvgIpc) is 3.13. The van der Waals surface area contributed by atoms with Crippen molar-refractivity contribution in [2.75, 3.05) is 19.8 Å². The Morgan fingerprint density at radius 1 is 1.29 bits per heavy atom. The van der Waals surface area contributed by atoms with Gasteiger partial charge in [0.2, 0.25) is 0 Å². The first kappa shape index (κ1) is 19.9. The lowest BCUT2D eigenvalue weighted by atomic mass is 10.1. The topological polar surface area (TPSA) is 84.7 Å². The van der Waals surface area contributed by atoms with E-state index in [1.54, 1.807) is 4.90 Å². The fourth-order valence-electron chi connectivity index (χ4n) is 3.14. The highest BCUT2D eigenvalue weighted by Gasteiger charge is 2.40. The number of benzene rings is 1. The van der Waals surface area contributed by atoms with Crippen LogP contribution < -0.4 is 0 Å². The van der Waals surface area contributed by atoms with Gasteiger partial charge in [-0.15, -0.1) is 0 Å². The first-order chi connectivity index (χ1) is 13.2. The molecule has 2 heterocycles. The molecule has 1 aliphatic heterocycles. The van der Waals surface area contributed by atoms with Gasteiger partial charge in [-0.1, -0.05) is 6.92 Å². The summed E-state index contributed by atoms with van der Waals surface area (Å²) in [6.07, 6.45) is -3.52. The van der Waals surface area contributed by atoms with Gasteiger partial charge in [0, 0.05) is 12.1 Å². The number of aromatic nitrogens is 2. The number of aromatic carboxylic acids is 1. The number of carboxylic acid groups (broad SMARTS) is 1. The van der Waals surface area contributed by atoms with Gasteiger partial charge in [0.15, 0.2) is 5.69 Å². The van der Waals surface area contributed by atoms with Crippen LogP contribution in [0.2, 0.25) is 0 Å². The van der Waals surface area contributed by atoms with Crippen molar-refractivity contribution in [3.05, 3.63) is 47.3 Å². The molecule has 1 aliphatic rings. The van der Waals surface area contributed by atoms with Crippen molar-refractivity contribution in [3.63, 3.8) is 0 Å². The minimum atomic E-state index is -4.90. The van der Waals surface area contributed by atoms with Gasteiger partial charge in [-0.2, -0.15) is 18.3 Å². The molecule has 0 aliphatic carbocycles. The summed E-state index contributed by atoms with van der Waals surface area (Å²) in [6.45, 7) is 3.26. The first-order valence-corrected chi connectivity index (χ1v) is 8.61. The predicted octanol–water partition coefficient (Wildman–Crippen LogP) is 2.84. The standard InChI is InChI=1S/C18H18F3N3O4/c1-2-12-10-28-8-7-23(12)16(25)11-3-5-13(6-4-11)24-15(18(19,20)21)14(9-22-24)17(26)27/h3-6,9,12H,2,7-8,10H2,1H3,(H,26,27)/t12-/m1/s1. The molecule has 1 aromatic carbocycles. The third kappa shape index (κ3) is 3.72. The summed E-state index contributed by atoms with van der Waals surface area (Å²) in [5.41, 5.74) is -1.99. The third-order valence-electron chi connectivity index (χ3n) is 4.59. The molecule has 7 nitrogen and oxygen atoms in total. The van der Waals surface area contributed by atoms with E-state index in [0.717, 1.165) is 6.42 Å². The van der Waals surface area contributed by atoms with E-state index in [1.165, 1.54) is 24.3 Å². The maximum Gasteiger partial charge on any atom is 0.434 e. The number of alkyl halides is 3. The lowest BCUT2D eigenvalue weighted by Gasteiger charge is -2.35. The number of halogens is 3. The van der Waals surface area contributed by atoms with Crippen LogP contribution in [0.1, 0.15) is 39.8 Å². The third-order valence-corrected chi connectivity index (χ3v) is 4.59. The van der Waals surface area contributed by atoms with Gasteiger partial charge in [0.1, 0.15) is 5.56 Å². The summed E-state index contributed by atoms with van der Waals surface area (Å²) >= 11 is 0. The lowest BCUT2D eigenvalue weighted by molar-refractivity contribution is -0.143. The second kappa shape index (κ2) is 7.63. The largest absolute Gasteiger partial charge is 0.478 e. The number of carbonyl (C=O) groups excluding carboxylic acids is 1. The van der Waals surface area contributed by atoms with Gasteiger partial charge < -0.3 is 14.7 Å². The van der Waals surface area contributed by atoms with E-state index >= 15 is 0 Å². The van der Waals surface area contributed by atoms with Crippen LogP contribution in [-0.4, -0.2) is 57.5 Å². The van der Waals surface area contributed by atoms with Gasteiger partial charge >= 0.3 is 12.1 Å². The molecule has 0 bridgehead atoms. The Morgan fingerprint density at radius 3 is 2.54 bits per heavy atom. The molecule has 1 aromatic heterocycles. The first-order valence-electron chi connectivity index (χ1n) is 8.61. The zero-order valence-electron chi connectivity index (χ0n) is 14.9. The SMILES string of the molecule is CC[C@@H]1COCCN1C(=O)c1ccc(-n2ncc(C(=O)O)c2C(F)(F)F)cc1. The Labute approximate surface area is 158 Å².